The molecule has 0 aromatic carbocycles. The molecule has 0 aliphatic heterocycles. The van der Waals surface area contributed by atoms with Crippen LogP contribution >= 0.6 is 0 Å². The van der Waals surface area contributed by atoms with Gasteiger partial charge >= 0.3 is 0 Å². The number of hydrogen-bond acceptors (Lipinski definition) is 2. The Morgan fingerprint density at radius 2 is 1.75 bits per heavy atom. The highest BCUT2D eigenvalue weighted by Crippen LogP contribution is 2.03. The van der Waals surface area contributed by atoms with Gasteiger partial charge in [-0.15, -0.1) is 0 Å². The van der Waals surface area contributed by atoms with Crippen LogP contribution in [0.1, 0.15) is 12.8 Å². The minimum absolute atomic E-state index is 0.762. The van der Waals surface area contributed by atoms with Crippen molar-refractivity contribution in [1.82, 2.24) is 0 Å². The second kappa shape index (κ2) is 6.26. The van der Waals surface area contributed by atoms with Gasteiger partial charge in [-0.25, -0.2) is 0 Å². The van der Waals surface area contributed by atoms with Crippen LogP contribution in [0.25, 0.3) is 0 Å². The molecule has 0 spiro atoms. The van der Waals surface area contributed by atoms with E-state index in [-0.39, 0.29) is 0 Å². The first-order valence-electron chi connectivity index (χ1n) is 4.43. The summed E-state index contributed by atoms with van der Waals surface area (Å²) in [6.45, 7) is 11.7. The van der Waals surface area contributed by atoms with Crippen molar-refractivity contribution < 1.29 is 9.16 Å². The molecule has 2 nitrogen and oxygen atoms in total. The Bertz CT molecular complexity index is 118. The predicted molar refractivity (Wildman–Crippen MR) is 54.7 cm³/mol. The van der Waals surface area contributed by atoms with Gasteiger partial charge in [-0.05, 0) is 32.5 Å². The molecular weight excluding hydrogens is 168 g/mol. The van der Waals surface area contributed by atoms with Crippen molar-refractivity contribution in [3.05, 3.63) is 12.8 Å². The maximum atomic E-state index is 5.67. The first-order chi connectivity index (χ1) is 5.56. The molecule has 0 N–H and O–H groups in total. The zero-order valence-electron chi connectivity index (χ0n) is 8.43. The van der Waals surface area contributed by atoms with Gasteiger partial charge in [0.2, 0.25) is 0 Å². The fourth-order valence-corrected chi connectivity index (χ4v) is 1.51. The number of hydrogen-bond donors (Lipinski definition) is 0. The maximum absolute atomic E-state index is 5.67. The van der Waals surface area contributed by atoms with Gasteiger partial charge in [-0.2, -0.15) is 0 Å². The van der Waals surface area contributed by atoms with E-state index in [4.69, 9.17) is 9.16 Å². The van der Waals surface area contributed by atoms with Crippen LogP contribution in [-0.2, 0) is 9.16 Å². The second-order valence-electron chi connectivity index (χ2n) is 3.71. The Morgan fingerprint density at radius 3 is 2.25 bits per heavy atom. The van der Waals surface area contributed by atoms with Crippen molar-refractivity contribution in [2.75, 3.05) is 13.2 Å². The van der Waals surface area contributed by atoms with Crippen molar-refractivity contribution in [3.63, 3.8) is 0 Å². The fraction of sp³-hybridized carbons (Fsp3) is 0.778. The van der Waals surface area contributed by atoms with Gasteiger partial charge in [0.15, 0.2) is 8.32 Å². The molecule has 0 aliphatic carbocycles. The van der Waals surface area contributed by atoms with Gasteiger partial charge in [0.1, 0.15) is 0 Å². The third-order valence-corrected chi connectivity index (χ3v) is 2.38. The Kier molecular flexibility index (Phi) is 6.11. The molecule has 0 fully saturated rings. The monoisotopic (exact) mass is 188 g/mol. The Hall–Kier alpha value is -0.283. The number of ether oxygens (including phenoxy) is 1. The second-order valence-corrected chi connectivity index (χ2v) is 8.22. The molecule has 0 saturated carbocycles. The molecule has 0 radical (unpaired) electrons. The molecule has 0 aromatic rings. The molecular formula is C9H20O2Si. The van der Waals surface area contributed by atoms with Crippen LogP contribution in [0.3, 0.4) is 0 Å². The minimum atomic E-state index is -1.29. The van der Waals surface area contributed by atoms with E-state index >= 15 is 0 Å². The summed E-state index contributed by atoms with van der Waals surface area (Å²) in [5.41, 5.74) is 0. The highest BCUT2D eigenvalue weighted by Gasteiger charge is 2.12. The largest absolute Gasteiger partial charge is 0.502 e. The van der Waals surface area contributed by atoms with Gasteiger partial charge in [-0.1, -0.05) is 6.58 Å². The van der Waals surface area contributed by atoms with Gasteiger partial charge in [-0.3, -0.25) is 0 Å². The summed E-state index contributed by atoms with van der Waals surface area (Å²) in [6, 6.07) is 0. The SMILES string of the molecule is C=COCCCCO[Si](C)(C)C. The topological polar surface area (TPSA) is 18.5 Å². The van der Waals surface area contributed by atoms with E-state index in [0.29, 0.717) is 0 Å². The molecule has 0 amide bonds. The third-order valence-electron chi connectivity index (χ3n) is 1.31. The lowest BCUT2D eigenvalue weighted by molar-refractivity contribution is 0.224. The van der Waals surface area contributed by atoms with Crippen LogP contribution < -0.4 is 0 Å². The normalized spacial score (nSPS) is 11.2. The number of rotatable bonds is 7. The average molecular weight is 188 g/mol. The highest BCUT2D eigenvalue weighted by atomic mass is 28.4. The van der Waals surface area contributed by atoms with Crippen molar-refractivity contribution in [2.24, 2.45) is 0 Å². The van der Waals surface area contributed by atoms with Crippen LogP contribution in [-0.4, -0.2) is 21.5 Å². The van der Waals surface area contributed by atoms with Gasteiger partial charge < -0.3 is 9.16 Å². The zero-order chi connectivity index (χ0) is 9.45. The lowest BCUT2D eigenvalue weighted by atomic mass is 10.3. The van der Waals surface area contributed by atoms with Crippen molar-refractivity contribution in [2.45, 2.75) is 32.5 Å². The predicted octanol–water partition coefficient (Wildman–Crippen LogP) is 2.78. The summed E-state index contributed by atoms with van der Waals surface area (Å²) in [5.74, 6) is 0. The molecule has 0 rings (SSSR count). The Labute approximate surface area is 76.7 Å². The Morgan fingerprint density at radius 1 is 1.17 bits per heavy atom. The number of unbranched alkanes of at least 4 members (excludes halogenated alkanes) is 1. The summed E-state index contributed by atoms with van der Waals surface area (Å²) >= 11 is 0. The zero-order valence-corrected chi connectivity index (χ0v) is 9.43. The molecule has 0 atom stereocenters. The lowest BCUT2D eigenvalue weighted by Gasteiger charge is -2.16. The molecule has 0 aromatic heterocycles. The average Bonchev–Trinajstić information content (AvgIpc) is 1.94. The maximum Gasteiger partial charge on any atom is 0.183 e. The first kappa shape index (κ1) is 11.7. The van der Waals surface area contributed by atoms with Crippen LogP contribution in [0.15, 0.2) is 12.8 Å². The molecule has 0 heterocycles. The van der Waals surface area contributed by atoms with Crippen molar-refractivity contribution >= 4 is 8.32 Å². The van der Waals surface area contributed by atoms with Crippen LogP contribution in [0, 0.1) is 0 Å². The van der Waals surface area contributed by atoms with Crippen molar-refractivity contribution in [1.29, 1.82) is 0 Å². The third kappa shape index (κ3) is 9.72. The van der Waals surface area contributed by atoms with Crippen molar-refractivity contribution in [3.8, 4) is 0 Å². The molecule has 0 bridgehead atoms. The fourth-order valence-electron chi connectivity index (χ4n) is 0.749. The Balaban J connectivity index is 3.06. The van der Waals surface area contributed by atoms with Crippen LogP contribution in [0.4, 0.5) is 0 Å². The summed E-state index contributed by atoms with van der Waals surface area (Å²) in [4.78, 5) is 0. The van der Waals surface area contributed by atoms with Gasteiger partial charge in [0.25, 0.3) is 0 Å². The molecule has 3 heteroatoms. The first-order valence-corrected chi connectivity index (χ1v) is 7.83. The van der Waals surface area contributed by atoms with E-state index in [1.807, 2.05) is 0 Å². The van der Waals surface area contributed by atoms with E-state index in [0.717, 1.165) is 26.1 Å². The standard InChI is InChI=1S/C9H20O2Si/c1-5-10-8-6-7-9-11-12(2,3)4/h5H,1,6-9H2,2-4H3. The van der Waals surface area contributed by atoms with E-state index < -0.39 is 8.32 Å². The summed E-state index contributed by atoms with van der Waals surface area (Å²) in [6.07, 6.45) is 3.62. The quantitative estimate of drug-likeness (QED) is 0.347. The van der Waals surface area contributed by atoms with Gasteiger partial charge in [0, 0.05) is 6.61 Å². The lowest BCUT2D eigenvalue weighted by Crippen LogP contribution is -2.25. The molecule has 0 unspecified atom stereocenters. The van der Waals surface area contributed by atoms with E-state index in [1.54, 1.807) is 0 Å². The van der Waals surface area contributed by atoms with E-state index in [1.165, 1.54) is 6.26 Å². The summed E-state index contributed by atoms with van der Waals surface area (Å²) in [5, 5.41) is 0. The highest BCUT2D eigenvalue weighted by molar-refractivity contribution is 6.69. The smallest absolute Gasteiger partial charge is 0.183 e. The minimum Gasteiger partial charge on any atom is -0.502 e. The molecule has 72 valence electrons. The summed E-state index contributed by atoms with van der Waals surface area (Å²) < 4.78 is 10.7. The molecule has 0 saturated heterocycles. The van der Waals surface area contributed by atoms with Crippen LogP contribution in [0.2, 0.25) is 19.6 Å². The van der Waals surface area contributed by atoms with E-state index in [9.17, 15) is 0 Å². The van der Waals surface area contributed by atoms with Crippen LogP contribution in [0.5, 0.6) is 0 Å². The molecule has 12 heavy (non-hydrogen) atoms. The molecule has 0 aliphatic rings. The van der Waals surface area contributed by atoms with Gasteiger partial charge in [0.05, 0.1) is 12.9 Å². The summed E-state index contributed by atoms with van der Waals surface area (Å²) in [7, 11) is -1.29. The van der Waals surface area contributed by atoms with E-state index in [2.05, 4.69) is 26.2 Å².